The zero-order chi connectivity index (χ0) is 38.3. The Morgan fingerprint density at radius 3 is 1.42 bits per heavy atom. The monoisotopic (exact) mass is 771 g/mol. The van der Waals surface area contributed by atoms with E-state index in [2.05, 4.69) is 52.0 Å². The van der Waals surface area contributed by atoms with E-state index in [1.165, 1.54) is 11.1 Å². The topological polar surface area (TPSA) is 156 Å². The maximum absolute atomic E-state index is 10.6. The average Bonchev–Trinajstić information content (AvgIpc) is 3.71. The first-order chi connectivity index (χ1) is 24.7. The molecule has 9 heteroatoms. The molecule has 53 heavy (non-hydrogen) atoms. The fourth-order valence-electron chi connectivity index (χ4n) is 9.78. The molecule has 0 heterocycles. The molecule has 0 bridgehead atoms. The van der Waals surface area contributed by atoms with Crippen molar-refractivity contribution >= 4 is 49.7 Å². The quantitative estimate of drug-likeness (QED) is 0.0408. The normalized spacial score (nSPS) is 33.2. The SMILES string of the molecule is CCCCC[C@H](O)/C=C/[C@H]1[C@H](O)C[C@]2(C)C/C(=C\CCCC(=O)O)C[C@H]12.CCCCC[C@H](O)/C=C/[C@H]1[C@H](O)C[C@]2(C)C/C(=C\CCCC(=O)O)C[C@H]12.[Ca+2].[H-].[H-]. The molecule has 300 valence electrons. The zero-order valence-corrected chi connectivity index (χ0v) is 35.6. The molecular formula is C44H74CaO8. The van der Waals surface area contributed by atoms with Crippen LogP contribution < -0.4 is 0 Å². The molecule has 0 aromatic heterocycles. The third kappa shape index (κ3) is 15.5. The summed E-state index contributed by atoms with van der Waals surface area (Å²) in [6, 6.07) is 0. The summed E-state index contributed by atoms with van der Waals surface area (Å²) < 4.78 is 0. The Morgan fingerprint density at radius 1 is 0.698 bits per heavy atom. The maximum Gasteiger partial charge on any atom is 2.00 e. The molecule has 0 aromatic carbocycles. The van der Waals surface area contributed by atoms with Crippen LogP contribution in [0.5, 0.6) is 0 Å². The van der Waals surface area contributed by atoms with Crippen LogP contribution in [-0.2, 0) is 9.59 Å². The largest absolute Gasteiger partial charge is 2.00 e. The maximum atomic E-state index is 10.6. The van der Waals surface area contributed by atoms with Gasteiger partial charge in [0, 0.05) is 24.7 Å². The van der Waals surface area contributed by atoms with Crippen molar-refractivity contribution in [2.45, 2.75) is 181 Å². The molecule has 0 spiro atoms. The van der Waals surface area contributed by atoms with Gasteiger partial charge in [0.15, 0.2) is 0 Å². The molecule has 4 aliphatic rings. The van der Waals surface area contributed by atoms with Crippen LogP contribution in [0.1, 0.15) is 159 Å². The predicted octanol–water partition coefficient (Wildman–Crippen LogP) is 8.77. The van der Waals surface area contributed by atoms with Gasteiger partial charge in [-0.05, 0) is 99.7 Å². The van der Waals surface area contributed by atoms with Crippen molar-refractivity contribution < 1.29 is 43.1 Å². The smallest absolute Gasteiger partial charge is 1.00 e. The van der Waals surface area contributed by atoms with Crippen molar-refractivity contribution in [3.8, 4) is 0 Å². The Labute approximate surface area is 353 Å². The van der Waals surface area contributed by atoms with Gasteiger partial charge in [0.05, 0.1) is 24.4 Å². The van der Waals surface area contributed by atoms with E-state index in [0.717, 1.165) is 103 Å². The first kappa shape index (κ1) is 48.1. The van der Waals surface area contributed by atoms with Crippen LogP contribution in [0.3, 0.4) is 0 Å². The van der Waals surface area contributed by atoms with E-state index in [1.54, 1.807) is 0 Å². The van der Waals surface area contributed by atoms with Crippen molar-refractivity contribution in [1.82, 2.24) is 0 Å². The molecule has 4 fully saturated rings. The summed E-state index contributed by atoms with van der Waals surface area (Å²) in [5.41, 5.74) is 3.08. The summed E-state index contributed by atoms with van der Waals surface area (Å²) >= 11 is 0. The first-order valence-electron chi connectivity index (χ1n) is 20.6. The van der Waals surface area contributed by atoms with E-state index in [-0.39, 0.29) is 88.3 Å². The summed E-state index contributed by atoms with van der Waals surface area (Å²) in [5.74, 6) is -0.393. The second-order valence-corrected chi connectivity index (χ2v) is 17.2. The van der Waals surface area contributed by atoms with Crippen molar-refractivity contribution in [2.24, 2.45) is 34.5 Å². The van der Waals surface area contributed by atoms with Crippen LogP contribution in [0.25, 0.3) is 0 Å². The fraction of sp³-hybridized carbons (Fsp3) is 0.773. The Hall–Kier alpha value is -1.00. The van der Waals surface area contributed by atoms with E-state index < -0.39 is 24.1 Å². The van der Waals surface area contributed by atoms with Crippen LogP contribution in [-0.4, -0.2) is 105 Å². The van der Waals surface area contributed by atoms with E-state index >= 15 is 0 Å². The van der Waals surface area contributed by atoms with Crippen molar-refractivity contribution in [3.05, 3.63) is 47.6 Å². The molecule has 10 atom stereocenters. The summed E-state index contributed by atoms with van der Waals surface area (Å²) in [4.78, 5) is 21.2. The summed E-state index contributed by atoms with van der Waals surface area (Å²) in [7, 11) is 0. The van der Waals surface area contributed by atoms with E-state index in [0.29, 0.717) is 24.7 Å². The fourth-order valence-corrected chi connectivity index (χ4v) is 9.78. The number of carbonyl (C=O) groups is 2. The minimum atomic E-state index is -0.732. The minimum Gasteiger partial charge on any atom is -1.00 e. The van der Waals surface area contributed by atoms with E-state index in [1.807, 2.05) is 12.2 Å². The average molecular weight is 771 g/mol. The number of unbranched alkanes of at least 4 members (excludes halogenated alkanes) is 6. The van der Waals surface area contributed by atoms with Gasteiger partial charge >= 0.3 is 49.7 Å². The number of allylic oxidation sites excluding steroid dienone is 4. The Kier molecular flexibility index (Phi) is 21.7. The molecular weight excluding hydrogens is 697 g/mol. The number of aliphatic carboxylic acids is 2. The summed E-state index contributed by atoms with van der Waals surface area (Å²) in [6.07, 6.45) is 28.2. The van der Waals surface area contributed by atoms with E-state index in [9.17, 15) is 30.0 Å². The van der Waals surface area contributed by atoms with Gasteiger partial charge in [0.2, 0.25) is 0 Å². The van der Waals surface area contributed by atoms with Crippen molar-refractivity contribution in [2.75, 3.05) is 0 Å². The standard InChI is InChI=1S/2C22H36O4.Ca.2H/c2*1-3-4-5-9-17(23)11-12-18-19-13-16(8-6-7-10-21(25)26)14-22(19,2)15-20(18)24;;;/h2*8,11-12,17-20,23-24H,3-7,9-10,13-15H2,1-2H3,(H,25,26);;;/q;;+2;2*-1/b2*12-11+,16-8-;;;/t2*17-,18+,19+,20+,22-;;;/m00.../s1. The van der Waals surface area contributed by atoms with Crippen LogP contribution >= 0.6 is 0 Å². The van der Waals surface area contributed by atoms with Gasteiger partial charge in [-0.1, -0.05) is 114 Å². The molecule has 0 radical (unpaired) electrons. The van der Waals surface area contributed by atoms with Gasteiger partial charge in [0.25, 0.3) is 0 Å². The number of carboxylic acids is 2. The first-order valence-corrected chi connectivity index (χ1v) is 20.6. The number of aliphatic hydroxyl groups excluding tert-OH is 4. The van der Waals surface area contributed by atoms with Crippen LogP contribution in [0.2, 0.25) is 0 Å². The van der Waals surface area contributed by atoms with E-state index in [4.69, 9.17) is 10.2 Å². The molecule has 4 aliphatic carbocycles. The second kappa shape index (κ2) is 23.9. The molecule has 0 saturated heterocycles. The van der Waals surface area contributed by atoms with Crippen molar-refractivity contribution in [3.63, 3.8) is 0 Å². The minimum absolute atomic E-state index is 0. The van der Waals surface area contributed by atoms with Gasteiger partial charge in [-0.15, -0.1) is 0 Å². The number of aliphatic hydroxyl groups is 4. The van der Waals surface area contributed by atoms with Gasteiger partial charge in [0.1, 0.15) is 0 Å². The molecule has 0 amide bonds. The molecule has 4 saturated carbocycles. The number of rotatable bonds is 20. The molecule has 4 rings (SSSR count). The molecule has 8 nitrogen and oxygen atoms in total. The number of hydrogen-bond acceptors (Lipinski definition) is 6. The Balaban J connectivity index is 0.00000101. The summed E-state index contributed by atoms with van der Waals surface area (Å²) in [6.45, 7) is 8.85. The van der Waals surface area contributed by atoms with Gasteiger partial charge < -0.3 is 33.5 Å². The number of hydrogen-bond donors (Lipinski definition) is 6. The van der Waals surface area contributed by atoms with Crippen molar-refractivity contribution in [1.29, 1.82) is 0 Å². The number of carboxylic acid groups (broad SMARTS) is 2. The van der Waals surface area contributed by atoms with Crippen LogP contribution in [0.4, 0.5) is 0 Å². The molecule has 0 aliphatic heterocycles. The molecule has 6 N–H and O–H groups in total. The van der Waals surface area contributed by atoms with Gasteiger partial charge in [-0.2, -0.15) is 0 Å². The zero-order valence-electron chi connectivity index (χ0n) is 35.4. The molecule has 0 aromatic rings. The second-order valence-electron chi connectivity index (χ2n) is 17.2. The Bertz CT molecular complexity index is 1160. The van der Waals surface area contributed by atoms with Crippen LogP contribution in [0.15, 0.2) is 47.6 Å². The molecule has 0 unspecified atom stereocenters. The van der Waals surface area contributed by atoms with Crippen LogP contribution in [0, 0.1) is 34.5 Å². The third-order valence-corrected chi connectivity index (χ3v) is 12.6. The third-order valence-electron chi connectivity index (χ3n) is 12.6. The van der Waals surface area contributed by atoms with Gasteiger partial charge in [-0.25, -0.2) is 0 Å². The Morgan fingerprint density at radius 2 is 1.08 bits per heavy atom. The summed E-state index contributed by atoms with van der Waals surface area (Å²) in [5, 5.41) is 58.8. The predicted molar refractivity (Wildman–Crippen MR) is 216 cm³/mol. The van der Waals surface area contributed by atoms with Gasteiger partial charge in [-0.3, -0.25) is 9.59 Å². The number of fused-ring (bicyclic) bond motifs is 2.